The maximum atomic E-state index is 12.1. The zero-order valence-electron chi connectivity index (χ0n) is 11.4. The quantitative estimate of drug-likeness (QED) is 0.898. The van der Waals surface area contributed by atoms with Gasteiger partial charge < -0.3 is 11.1 Å². The number of halogens is 1. The van der Waals surface area contributed by atoms with Gasteiger partial charge in [-0.25, -0.2) is 0 Å². The average Bonchev–Trinajstić information content (AvgIpc) is 2.71. The first kappa shape index (κ1) is 14.8. The third-order valence-corrected chi connectivity index (χ3v) is 4.93. The van der Waals surface area contributed by atoms with Crippen LogP contribution in [0.4, 0.5) is 0 Å². The Morgan fingerprint density at radius 1 is 1.53 bits per heavy atom. The Labute approximate surface area is 122 Å². The van der Waals surface area contributed by atoms with Gasteiger partial charge in [0.25, 0.3) is 0 Å². The van der Waals surface area contributed by atoms with Crippen LogP contribution < -0.4 is 11.1 Å². The fourth-order valence-corrected chi connectivity index (χ4v) is 3.88. The molecule has 4 nitrogen and oxygen atoms in total. The minimum absolute atomic E-state index is 0.0125. The van der Waals surface area contributed by atoms with Crippen LogP contribution in [0.1, 0.15) is 31.7 Å². The number of piperazine rings is 1. The summed E-state index contributed by atoms with van der Waals surface area (Å²) in [7, 11) is 0. The summed E-state index contributed by atoms with van der Waals surface area (Å²) in [6.45, 7) is 7.30. The molecular weight excluding hydrogens is 282 g/mol. The maximum absolute atomic E-state index is 12.1. The second-order valence-electron chi connectivity index (χ2n) is 5.45. The molecule has 0 spiro atoms. The molecule has 2 heterocycles. The number of hydrogen-bond donors (Lipinski definition) is 2. The lowest BCUT2D eigenvalue weighted by Gasteiger charge is -2.46. The second kappa shape index (κ2) is 5.40. The lowest BCUT2D eigenvalue weighted by molar-refractivity contribution is -0.137. The van der Waals surface area contributed by atoms with Crippen molar-refractivity contribution in [3.05, 3.63) is 21.3 Å². The molecule has 2 atom stereocenters. The molecule has 0 aromatic carbocycles. The third-order valence-electron chi connectivity index (χ3n) is 3.63. The first-order valence-electron chi connectivity index (χ1n) is 6.40. The Morgan fingerprint density at radius 3 is 2.74 bits per heavy atom. The molecule has 106 valence electrons. The van der Waals surface area contributed by atoms with Gasteiger partial charge in [0.1, 0.15) is 0 Å². The Balaban J connectivity index is 2.36. The minimum atomic E-state index is -0.562. The minimum Gasteiger partial charge on any atom is -0.353 e. The summed E-state index contributed by atoms with van der Waals surface area (Å²) in [5.74, 6) is 0.0482. The van der Waals surface area contributed by atoms with Gasteiger partial charge >= 0.3 is 0 Å². The van der Waals surface area contributed by atoms with E-state index in [-0.39, 0.29) is 18.0 Å². The summed E-state index contributed by atoms with van der Waals surface area (Å²) < 4.78 is 0.750. The number of amides is 1. The summed E-state index contributed by atoms with van der Waals surface area (Å²) in [6.07, 6.45) is 0. The van der Waals surface area contributed by atoms with Gasteiger partial charge in [0.15, 0.2) is 0 Å². The van der Waals surface area contributed by atoms with E-state index in [0.29, 0.717) is 6.54 Å². The molecule has 6 heteroatoms. The van der Waals surface area contributed by atoms with E-state index in [1.54, 1.807) is 0 Å². The second-order valence-corrected chi connectivity index (χ2v) is 7.20. The van der Waals surface area contributed by atoms with Crippen molar-refractivity contribution in [3.8, 4) is 0 Å². The predicted octanol–water partition coefficient (Wildman–Crippen LogP) is 2.00. The lowest BCUT2D eigenvalue weighted by atomic mass is 9.93. The first-order chi connectivity index (χ1) is 8.84. The van der Waals surface area contributed by atoms with E-state index in [0.717, 1.165) is 15.8 Å². The van der Waals surface area contributed by atoms with Gasteiger partial charge in [-0.2, -0.15) is 0 Å². The Kier molecular flexibility index (Phi) is 4.20. The van der Waals surface area contributed by atoms with Crippen LogP contribution in [0.25, 0.3) is 0 Å². The topological polar surface area (TPSA) is 58.4 Å². The molecule has 1 amide bonds. The molecule has 1 aromatic heterocycles. The van der Waals surface area contributed by atoms with Crippen molar-refractivity contribution in [1.29, 1.82) is 0 Å². The van der Waals surface area contributed by atoms with Crippen LogP contribution >= 0.6 is 22.9 Å². The number of carbonyl (C=O) groups excluding carboxylic acids is 1. The maximum Gasteiger partial charge on any atom is 0.240 e. The van der Waals surface area contributed by atoms with Gasteiger partial charge in [-0.05, 0) is 32.9 Å². The van der Waals surface area contributed by atoms with Gasteiger partial charge in [-0.15, -0.1) is 11.3 Å². The van der Waals surface area contributed by atoms with Crippen LogP contribution in [0.2, 0.25) is 4.34 Å². The molecule has 0 radical (unpaired) electrons. The van der Waals surface area contributed by atoms with Crippen LogP contribution in [0.3, 0.4) is 0 Å². The first-order valence-corrected chi connectivity index (χ1v) is 7.59. The number of nitrogens with one attached hydrogen (secondary N) is 1. The molecule has 0 aliphatic carbocycles. The van der Waals surface area contributed by atoms with Gasteiger partial charge in [0, 0.05) is 24.0 Å². The highest BCUT2D eigenvalue weighted by Gasteiger charge is 2.43. The highest BCUT2D eigenvalue weighted by Crippen LogP contribution is 2.36. The van der Waals surface area contributed by atoms with Crippen molar-refractivity contribution in [2.24, 2.45) is 5.73 Å². The number of nitrogens with two attached hydrogens (primary N) is 1. The summed E-state index contributed by atoms with van der Waals surface area (Å²) in [4.78, 5) is 15.4. The van der Waals surface area contributed by atoms with E-state index in [9.17, 15) is 4.79 Å². The summed E-state index contributed by atoms with van der Waals surface area (Å²) in [5, 5.41) is 2.91. The van der Waals surface area contributed by atoms with Crippen LogP contribution in [0.15, 0.2) is 12.1 Å². The van der Waals surface area contributed by atoms with Gasteiger partial charge in [-0.1, -0.05) is 11.6 Å². The van der Waals surface area contributed by atoms with Gasteiger partial charge in [0.05, 0.1) is 15.9 Å². The van der Waals surface area contributed by atoms with Crippen molar-refractivity contribution in [3.63, 3.8) is 0 Å². The zero-order valence-corrected chi connectivity index (χ0v) is 13.0. The van der Waals surface area contributed by atoms with Crippen molar-refractivity contribution in [1.82, 2.24) is 10.2 Å². The molecule has 1 aliphatic heterocycles. The molecule has 0 bridgehead atoms. The molecule has 1 aliphatic rings. The van der Waals surface area contributed by atoms with Gasteiger partial charge in [0.2, 0.25) is 5.91 Å². The monoisotopic (exact) mass is 301 g/mol. The predicted molar refractivity (Wildman–Crippen MR) is 79.5 cm³/mol. The molecule has 1 saturated heterocycles. The molecule has 1 aromatic rings. The third kappa shape index (κ3) is 2.79. The van der Waals surface area contributed by atoms with Crippen molar-refractivity contribution in [2.75, 3.05) is 13.1 Å². The smallest absolute Gasteiger partial charge is 0.240 e. The van der Waals surface area contributed by atoms with Gasteiger partial charge in [-0.3, -0.25) is 9.69 Å². The fourth-order valence-electron chi connectivity index (χ4n) is 2.59. The van der Waals surface area contributed by atoms with E-state index in [1.165, 1.54) is 11.3 Å². The number of nitrogens with zero attached hydrogens (tertiary/aromatic N) is 1. The molecule has 2 unspecified atom stereocenters. The molecule has 1 fully saturated rings. The normalized spacial score (nSPS) is 22.9. The fraction of sp³-hybridized carbons (Fsp3) is 0.615. The molecular formula is C13H20ClN3OS. The van der Waals surface area contributed by atoms with Crippen LogP contribution in [-0.4, -0.2) is 35.5 Å². The summed E-state index contributed by atoms with van der Waals surface area (Å²) >= 11 is 7.56. The van der Waals surface area contributed by atoms with Crippen molar-refractivity contribution < 1.29 is 4.79 Å². The van der Waals surface area contributed by atoms with E-state index < -0.39 is 5.54 Å². The number of hydrogen-bond acceptors (Lipinski definition) is 4. The van der Waals surface area contributed by atoms with E-state index in [2.05, 4.69) is 10.2 Å². The highest BCUT2D eigenvalue weighted by molar-refractivity contribution is 7.16. The van der Waals surface area contributed by atoms with E-state index >= 15 is 0 Å². The molecule has 3 N–H and O–H groups in total. The number of carbonyl (C=O) groups is 1. The van der Waals surface area contributed by atoms with E-state index in [4.69, 9.17) is 17.3 Å². The number of rotatable bonds is 3. The summed E-state index contributed by atoms with van der Waals surface area (Å²) in [6, 6.07) is 3.83. The molecule has 2 rings (SSSR count). The average molecular weight is 302 g/mol. The Bertz CT molecular complexity index is 472. The van der Waals surface area contributed by atoms with Crippen LogP contribution in [0.5, 0.6) is 0 Å². The van der Waals surface area contributed by atoms with Crippen LogP contribution in [0, 0.1) is 0 Å². The Morgan fingerprint density at radius 2 is 2.21 bits per heavy atom. The summed E-state index contributed by atoms with van der Waals surface area (Å²) in [5.41, 5.74) is 5.60. The Hall–Kier alpha value is -0.620. The van der Waals surface area contributed by atoms with Crippen molar-refractivity contribution >= 4 is 28.8 Å². The van der Waals surface area contributed by atoms with Crippen molar-refractivity contribution in [2.45, 2.75) is 38.4 Å². The standard InChI is InChI=1S/C13H20ClN3OS/c1-8(15)11(9-4-5-10(14)19-9)17-7-6-16-12(18)13(17,2)3/h4-5,8,11H,6-7,15H2,1-3H3,(H,16,18). The van der Waals surface area contributed by atoms with E-state index in [1.807, 2.05) is 32.9 Å². The molecule has 0 saturated carbocycles. The van der Waals surface area contributed by atoms with Crippen LogP contribution in [-0.2, 0) is 4.79 Å². The SMILES string of the molecule is CC(N)C(c1ccc(Cl)s1)N1CCNC(=O)C1(C)C. The highest BCUT2D eigenvalue weighted by atomic mass is 35.5. The largest absolute Gasteiger partial charge is 0.353 e. The molecule has 19 heavy (non-hydrogen) atoms. The zero-order chi connectivity index (χ0) is 14.2. The number of thiophene rings is 1. The lowest BCUT2D eigenvalue weighted by Crippen LogP contribution is -2.64.